The van der Waals surface area contributed by atoms with Gasteiger partial charge in [-0.3, -0.25) is 4.79 Å². The Morgan fingerprint density at radius 3 is 3.10 bits per heavy atom. The first-order valence-electron chi connectivity index (χ1n) is 5.90. The SMILES string of the molecule is Nc1c(C(=O)NCCc2cscn2)sc2nnccc12. The van der Waals surface area contributed by atoms with E-state index in [0.29, 0.717) is 28.4 Å². The predicted molar refractivity (Wildman–Crippen MR) is 80.0 cm³/mol. The van der Waals surface area contributed by atoms with Crippen molar-refractivity contribution in [1.29, 1.82) is 0 Å². The average molecular weight is 305 g/mol. The first-order chi connectivity index (χ1) is 9.75. The molecule has 0 aliphatic heterocycles. The number of hydrogen-bond donors (Lipinski definition) is 2. The number of nitrogens with zero attached hydrogens (tertiary/aromatic N) is 3. The number of nitrogens with one attached hydrogen (secondary N) is 1. The summed E-state index contributed by atoms with van der Waals surface area (Å²) < 4.78 is 0. The summed E-state index contributed by atoms with van der Waals surface area (Å²) in [7, 11) is 0. The summed E-state index contributed by atoms with van der Waals surface area (Å²) in [6.07, 6.45) is 2.27. The average Bonchev–Trinajstić information content (AvgIpc) is 3.08. The molecular formula is C12H11N5OS2. The van der Waals surface area contributed by atoms with E-state index in [-0.39, 0.29) is 5.91 Å². The fourth-order valence-electron chi connectivity index (χ4n) is 1.79. The third kappa shape index (κ3) is 2.47. The van der Waals surface area contributed by atoms with Crippen molar-refractivity contribution in [2.24, 2.45) is 0 Å². The molecule has 1 amide bonds. The van der Waals surface area contributed by atoms with Gasteiger partial charge in [-0.05, 0) is 6.07 Å². The fraction of sp³-hybridized carbons (Fsp3) is 0.167. The van der Waals surface area contributed by atoms with Gasteiger partial charge in [0.2, 0.25) is 0 Å². The van der Waals surface area contributed by atoms with E-state index in [0.717, 1.165) is 11.1 Å². The number of amides is 1. The molecule has 0 aliphatic carbocycles. The minimum atomic E-state index is -0.180. The van der Waals surface area contributed by atoms with Crippen molar-refractivity contribution in [3.05, 3.63) is 33.7 Å². The minimum absolute atomic E-state index is 0.180. The lowest BCUT2D eigenvalue weighted by molar-refractivity contribution is 0.0959. The molecule has 0 aromatic carbocycles. The van der Waals surface area contributed by atoms with E-state index >= 15 is 0 Å². The van der Waals surface area contributed by atoms with E-state index in [4.69, 9.17) is 5.73 Å². The van der Waals surface area contributed by atoms with Crippen molar-refractivity contribution in [2.75, 3.05) is 12.3 Å². The first-order valence-corrected chi connectivity index (χ1v) is 7.66. The molecule has 3 aromatic heterocycles. The molecule has 8 heteroatoms. The van der Waals surface area contributed by atoms with Crippen LogP contribution in [0.5, 0.6) is 0 Å². The molecule has 0 saturated heterocycles. The minimum Gasteiger partial charge on any atom is -0.397 e. The zero-order valence-electron chi connectivity index (χ0n) is 10.4. The molecule has 20 heavy (non-hydrogen) atoms. The molecule has 3 N–H and O–H groups in total. The number of thiophene rings is 1. The second-order valence-electron chi connectivity index (χ2n) is 4.08. The van der Waals surface area contributed by atoms with Gasteiger partial charge in [0.25, 0.3) is 5.91 Å². The predicted octanol–water partition coefficient (Wildman–Crippen LogP) is 1.70. The third-order valence-electron chi connectivity index (χ3n) is 2.78. The molecule has 3 heterocycles. The van der Waals surface area contributed by atoms with E-state index in [1.54, 1.807) is 29.1 Å². The Labute approximate surface area is 122 Å². The van der Waals surface area contributed by atoms with E-state index < -0.39 is 0 Å². The molecule has 0 fully saturated rings. The fourth-order valence-corrected chi connectivity index (χ4v) is 3.33. The lowest BCUT2D eigenvalue weighted by atomic mass is 10.2. The van der Waals surface area contributed by atoms with Gasteiger partial charge in [0.05, 0.1) is 23.1 Å². The highest BCUT2D eigenvalue weighted by Crippen LogP contribution is 2.31. The zero-order chi connectivity index (χ0) is 13.9. The van der Waals surface area contributed by atoms with Gasteiger partial charge in [-0.2, -0.15) is 5.10 Å². The number of fused-ring (bicyclic) bond motifs is 1. The van der Waals surface area contributed by atoms with Crippen LogP contribution in [0.2, 0.25) is 0 Å². The third-order valence-corrected chi connectivity index (χ3v) is 4.52. The highest BCUT2D eigenvalue weighted by atomic mass is 32.1. The quantitative estimate of drug-likeness (QED) is 0.765. The summed E-state index contributed by atoms with van der Waals surface area (Å²) in [6.45, 7) is 0.530. The molecule has 0 unspecified atom stereocenters. The summed E-state index contributed by atoms with van der Waals surface area (Å²) >= 11 is 2.80. The lowest BCUT2D eigenvalue weighted by Crippen LogP contribution is -2.25. The van der Waals surface area contributed by atoms with Crippen LogP contribution >= 0.6 is 22.7 Å². The molecule has 0 radical (unpaired) electrons. The molecule has 0 bridgehead atoms. The molecule has 0 saturated carbocycles. The summed E-state index contributed by atoms with van der Waals surface area (Å²) in [5, 5.41) is 13.3. The molecule has 0 aliphatic rings. The topological polar surface area (TPSA) is 93.8 Å². The molecule has 6 nitrogen and oxygen atoms in total. The number of rotatable bonds is 4. The van der Waals surface area contributed by atoms with Gasteiger partial charge in [-0.15, -0.1) is 27.8 Å². The van der Waals surface area contributed by atoms with Crippen molar-refractivity contribution in [2.45, 2.75) is 6.42 Å². The second kappa shape index (κ2) is 5.51. The van der Waals surface area contributed by atoms with Crippen LogP contribution < -0.4 is 11.1 Å². The van der Waals surface area contributed by atoms with Gasteiger partial charge in [-0.25, -0.2) is 4.98 Å². The van der Waals surface area contributed by atoms with E-state index in [2.05, 4.69) is 20.5 Å². The van der Waals surface area contributed by atoms with Gasteiger partial charge in [-0.1, -0.05) is 0 Å². The van der Waals surface area contributed by atoms with Crippen LogP contribution in [-0.2, 0) is 6.42 Å². The number of nitrogens with two attached hydrogens (primary N) is 1. The number of aromatic nitrogens is 3. The van der Waals surface area contributed by atoms with Gasteiger partial charge >= 0.3 is 0 Å². The number of hydrogen-bond acceptors (Lipinski definition) is 7. The van der Waals surface area contributed by atoms with Gasteiger partial charge in [0, 0.05) is 23.7 Å². The molecule has 0 spiro atoms. The van der Waals surface area contributed by atoms with E-state index in [1.807, 2.05) is 5.38 Å². The molecule has 3 rings (SSSR count). The van der Waals surface area contributed by atoms with Crippen molar-refractivity contribution >= 4 is 44.5 Å². The Morgan fingerprint density at radius 2 is 2.35 bits per heavy atom. The van der Waals surface area contributed by atoms with E-state index in [1.165, 1.54) is 11.3 Å². The van der Waals surface area contributed by atoms with Crippen molar-refractivity contribution < 1.29 is 4.79 Å². The molecule has 3 aromatic rings. The number of carbonyl (C=O) groups excluding carboxylic acids is 1. The molecular weight excluding hydrogens is 294 g/mol. The van der Waals surface area contributed by atoms with Gasteiger partial charge in [0.15, 0.2) is 0 Å². The van der Waals surface area contributed by atoms with Crippen LogP contribution in [-0.4, -0.2) is 27.6 Å². The van der Waals surface area contributed by atoms with Crippen LogP contribution in [0.3, 0.4) is 0 Å². The van der Waals surface area contributed by atoms with Crippen LogP contribution in [0.4, 0.5) is 5.69 Å². The number of anilines is 1. The Kier molecular flexibility index (Phi) is 3.57. The van der Waals surface area contributed by atoms with Crippen LogP contribution in [0.15, 0.2) is 23.2 Å². The largest absolute Gasteiger partial charge is 0.397 e. The van der Waals surface area contributed by atoms with Crippen molar-refractivity contribution in [3.8, 4) is 0 Å². The maximum absolute atomic E-state index is 12.1. The maximum Gasteiger partial charge on any atom is 0.263 e. The molecule has 0 atom stereocenters. The Hall–Kier alpha value is -2.06. The zero-order valence-corrected chi connectivity index (χ0v) is 12.0. The Morgan fingerprint density at radius 1 is 1.45 bits per heavy atom. The number of carbonyl (C=O) groups is 1. The van der Waals surface area contributed by atoms with Crippen LogP contribution in [0, 0.1) is 0 Å². The second-order valence-corrected chi connectivity index (χ2v) is 5.80. The monoisotopic (exact) mass is 305 g/mol. The smallest absolute Gasteiger partial charge is 0.263 e. The summed E-state index contributed by atoms with van der Waals surface area (Å²) in [5.74, 6) is -0.180. The van der Waals surface area contributed by atoms with Gasteiger partial charge < -0.3 is 11.1 Å². The molecule has 102 valence electrons. The lowest BCUT2D eigenvalue weighted by Gasteiger charge is -2.02. The summed E-state index contributed by atoms with van der Waals surface area (Å²) in [6, 6.07) is 1.76. The maximum atomic E-state index is 12.1. The Bertz CT molecular complexity index is 737. The van der Waals surface area contributed by atoms with Crippen LogP contribution in [0.25, 0.3) is 10.2 Å². The standard InChI is InChI=1S/C12H11N5OS2/c13-9-8-2-4-16-17-12(8)20-10(9)11(18)14-3-1-7-5-19-6-15-7/h2,4-6H,1,3,13H2,(H,14,18). The Balaban J connectivity index is 1.71. The summed E-state index contributed by atoms with van der Waals surface area (Å²) in [4.78, 5) is 17.4. The van der Waals surface area contributed by atoms with Crippen LogP contribution in [0.1, 0.15) is 15.4 Å². The van der Waals surface area contributed by atoms with Crippen molar-refractivity contribution in [3.63, 3.8) is 0 Å². The summed E-state index contributed by atoms with van der Waals surface area (Å²) in [5.41, 5.74) is 9.20. The van der Waals surface area contributed by atoms with Gasteiger partial charge in [0.1, 0.15) is 9.71 Å². The van der Waals surface area contributed by atoms with Crippen molar-refractivity contribution in [1.82, 2.24) is 20.5 Å². The normalized spacial score (nSPS) is 10.8. The number of thiazole rings is 1. The number of nitrogen functional groups attached to an aromatic ring is 1. The van der Waals surface area contributed by atoms with E-state index in [9.17, 15) is 4.79 Å². The first kappa shape index (κ1) is 12.9. The highest BCUT2D eigenvalue weighted by Gasteiger charge is 2.16. The highest BCUT2D eigenvalue weighted by molar-refractivity contribution is 7.21.